The summed E-state index contributed by atoms with van der Waals surface area (Å²) in [7, 11) is -2.95. The highest BCUT2D eigenvalue weighted by Gasteiger charge is 2.47. The maximum absolute atomic E-state index is 13.0. The lowest BCUT2D eigenvalue weighted by atomic mass is 9.59. The average molecular weight is 385 g/mol. The van der Waals surface area contributed by atoms with E-state index in [1.165, 1.54) is 57.8 Å². The highest BCUT2D eigenvalue weighted by molar-refractivity contribution is 7.92. The molecule has 2 aliphatic carbocycles. The second-order valence-electron chi connectivity index (χ2n) is 9.63. The van der Waals surface area contributed by atoms with Gasteiger partial charge in [0, 0.05) is 0 Å². The molecule has 0 bridgehead atoms. The molecule has 0 aromatic heterocycles. The molecule has 0 spiro atoms. The summed E-state index contributed by atoms with van der Waals surface area (Å²) in [4.78, 5) is 0. The van der Waals surface area contributed by atoms with Crippen LogP contribution in [0.4, 0.5) is 0 Å². The van der Waals surface area contributed by atoms with Crippen molar-refractivity contribution < 1.29 is 8.42 Å². The van der Waals surface area contributed by atoms with Crippen molar-refractivity contribution in [1.82, 2.24) is 0 Å². The van der Waals surface area contributed by atoms with E-state index in [4.69, 9.17) is 0 Å². The molecule has 0 aromatic rings. The van der Waals surface area contributed by atoms with Gasteiger partial charge in [-0.3, -0.25) is 0 Å². The lowest BCUT2D eigenvalue weighted by Gasteiger charge is -2.49. The van der Waals surface area contributed by atoms with Crippen LogP contribution in [-0.4, -0.2) is 18.9 Å². The molecule has 154 valence electrons. The van der Waals surface area contributed by atoms with Gasteiger partial charge in [0.05, 0.1) is 10.5 Å². The molecule has 2 aliphatic rings. The minimum Gasteiger partial charge on any atom is -0.228 e. The van der Waals surface area contributed by atoms with Crippen molar-refractivity contribution in [2.75, 3.05) is 5.75 Å². The Balaban J connectivity index is 1.99. The Morgan fingerprint density at radius 3 is 1.96 bits per heavy atom. The fourth-order valence-electron chi connectivity index (χ4n) is 5.79. The van der Waals surface area contributed by atoms with Crippen molar-refractivity contribution in [2.45, 2.75) is 128 Å². The van der Waals surface area contributed by atoms with Crippen LogP contribution in [0, 0.1) is 11.3 Å². The van der Waals surface area contributed by atoms with Gasteiger partial charge in [0.1, 0.15) is 0 Å². The van der Waals surface area contributed by atoms with Gasteiger partial charge in [0.2, 0.25) is 0 Å². The molecule has 0 atom stereocenters. The largest absolute Gasteiger partial charge is 0.228 e. The Morgan fingerprint density at radius 1 is 0.808 bits per heavy atom. The SMILES string of the molecule is CCCCCC1(C2CCC(C)(S(=O)(=O)CCCCC)CC2)CCCCC1. The first-order valence-corrected chi connectivity index (χ1v) is 13.3. The van der Waals surface area contributed by atoms with Crippen LogP contribution in [0.15, 0.2) is 0 Å². The fourth-order valence-corrected chi connectivity index (χ4v) is 7.72. The van der Waals surface area contributed by atoms with Crippen molar-refractivity contribution in [1.29, 1.82) is 0 Å². The molecule has 0 saturated heterocycles. The Kier molecular flexibility index (Phi) is 8.50. The first kappa shape index (κ1) is 22.2. The van der Waals surface area contributed by atoms with Crippen LogP contribution in [0.1, 0.15) is 124 Å². The van der Waals surface area contributed by atoms with Crippen LogP contribution < -0.4 is 0 Å². The molecule has 0 N–H and O–H groups in total. The van der Waals surface area contributed by atoms with Crippen molar-refractivity contribution in [3.8, 4) is 0 Å². The molecular weight excluding hydrogens is 340 g/mol. The second kappa shape index (κ2) is 9.94. The standard InChI is InChI=1S/C23H44O2S/c1-4-6-9-15-23(16-10-8-11-17-23)21-13-18-22(3,19-14-21)26(24,25)20-12-7-5-2/h21H,4-20H2,1-3H3. The summed E-state index contributed by atoms with van der Waals surface area (Å²) in [6.45, 7) is 6.49. The molecule has 3 heteroatoms. The molecule has 2 rings (SSSR count). The van der Waals surface area contributed by atoms with E-state index in [9.17, 15) is 8.42 Å². The van der Waals surface area contributed by atoms with Gasteiger partial charge < -0.3 is 0 Å². The van der Waals surface area contributed by atoms with E-state index in [1.54, 1.807) is 0 Å². The van der Waals surface area contributed by atoms with Gasteiger partial charge in [-0.15, -0.1) is 0 Å². The molecule has 0 heterocycles. The number of hydrogen-bond acceptors (Lipinski definition) is 2. The number of rotatable bonds is 10. The van der Waals surface area contributed by atoms with Crippen molar-refractivity contribution in [3.05, 3.63) is 0 Å². The Labute approximate surface area is 163 Å². The number of unbranched alkanes of at least 4 members (excludes halogenated alkanes) is 4. The molecule has 0 amide bonds. The normalized spacial score (nSPS) is 29.6. The van der Waals surface area contributed by atoms with E-state index in [2.05, 4.69) is 20.8 Å². The van der Waals surface area contributed by atoms with Crippen molar-refractivity contribution >= 4 is 9.84 Å². The highest BCUT2D eigenvalue weighted by Crippen LogP contribution is 2.53. The predicted molar refractivity (Wildman–Crippen MR) is 113 cm³/mol. The van der Waals surface area contributed by atoms with Gasteiger partial charge >= 0.3 is 0 Å². The minimum atomic E-state index is -2.95. The lowest BCUT2D eigenvalue weighted by Crippen LogP contribution is -2.44. The van der Waals surface area contributed by atoms with E-state index < -0.39 is 14.6 Å². The van der Waals surface area contributed by atoms with Gasteiger partial charge in [-0.05, 0) is 69.6 Å². The summed E-state index contributed by atoms with van der Waals surface area (Å²) in [6, 6.07) is 0. The first-order valence-electron chi connectivity index (χ1n) is 11.6. The van der Waals surface area contributed by atoms with Crippen LogP contribution in [0.2, 0.25) is 0 Å². The summed E-state index contributed by atoms with van der Waals surface area (Å²) in [6.07, 6.45) is 19.5. The smallest absolute Gasteiger partial charge is 0.155 e. The Hall–Kier alpha value is -0.0500. The zero-order valence-corrected chi connectivity index (χ0v) is 18.6. The summed E-state index contributed by atoms with van der Waals surface area (Å²) < 4.78 is 25.5. The Morgan fingerprint density at radius 2 is 1.38 bits per heavy atom. The average Bonchev–Trinajstić information content (AvgIpc) is 2.63. The summed E-state index contributed by atoms with van der Waals surface area (Å²) in [5.74, 6) is 1.18. The molecule has 0 radical (unpaired) electrons. The lowest BCUT2D eigenvalue weighted by molar-refractivity contribution is 0.0485. The number of hydrogen-bond donors (Lipinski definition) is 0. The molecule has 0 aliphatic heterocycles. The summed E-state index contributed by atoms with van der Waals surface area (Å²) in [5, 5.41) is 0. The van der Waals surface area contributed by atoms with Gasteiger partial charge in [0.15, 0.2) is 9.84 Å². The van der Waals surface area contributed by atoms with Gasteiger partial charge in [-0.2, -0.15) is 0 Å². The second-order valence-corrected chi connectivity index (χ2v) is 12.3. The maximum atomic E-state index is 13.0. The molecule has 0 unspecified atom stereocenters. The summed E-state index contributed by atoms with van der Waals surface area (Å²) >= 11 is 0. The topological polar surface area (TPSA) is 34.1 Å². The molecule has 0 aromatic carbocycles. The molecular formula is C23H44O2S. The van der Waals surface area contributed by atoms with E-state index in [-0.39, 0.29) is 0 Å². The Bertz CT molecular complexity index is 494. The number of sulfone groups is 1. The van der Waals surface area contributed by atoms with E-state index in [1.807, 2.05) is 0 Å². The first-order chi connectivity index (χ1) is 12.4. The fraction of sp³-hybridized carbons (Fsp3) is 1.00. The van der Waals surface area contributed by atoms with Crippen LogP contribution in [0.25, 0.3) is 0 Å². The minimum absolute atomic E-state index is 0.406. The van der Waals surface area contributed by atoms with E-state index >= 15 is 0 Å². The van der Waals surface area contributed by atoms with Crippen molar-refractivity contribution in [2.24, 2.45) is 11.3 Å². The molecule has 2 nitrogen and oxygen atoms in total. The third kappa shape index (κ3) is 5.26. The molecule has 2 saturated carbocycles. The quantitative estimate of drug-likeness (QED) is 0.377. The highest BCUT2D eigenvalue weighted by atomic mass is 32.2. The van der Waals surface area contributed by atoms with Gasteiger partial charge in [-0.1, -0.05) is 65.2 Å². The van der Waals surface area contributed by atoms with E-state index in [0.29, 0.717) is 11.2 Å². The summed E-state index contributed by atoms with van der Waals surface area (Å²) in [5.41, 5.74) is 0.542. The monoisotopic (exact) mass is 384 g/mol. The zero-order chi connectivity index (χ0) is 19.1. The molecule has 26 heavy (non-hydrogen) atoms. The third-order valence-electron chi connectivity index (χ3n) is 7.80. The van der Waals surface area contributed by atoms with Crippen LogP contribution >= 0.6 is 0 Å². The van der Waals surface area contributed by atoms with E-state index in [0.717, 1.165) is 50.9 Å². The van der Waals surface area contributed by atoms with Crippen LogP contribution in [-0.2, 0) is 9.84 Å². The van der Waals surface area contributed by atoms with Crippen LogP contribution in [0.3, 0.4) is 0 Å². The predicted octanol–water partition coefficient (Wildman–Crippen LogP) is 7.07. The van der Waals surface area contributed by atoms with Gasteiger partial charge in [0.25, 0.3) is 0 Å². The maximum Gasteiger partial charge on any atom is 0.155 e. The zero-order valence-electron chi connectivity index (χ0n) is 17.8. The van der Waals surface area contributed by atoms with Crippen LogP contribution in [0.5, 0.6) is 0 Å². The van der Waals surface area contributed by atoms with Crippen molar-refractivity contribution in [3.63, 3.8) is 0 Å². The third-order valence-corrected chi connectivity index (χ3v) is 10.5. The van der Waals surface area contributed by atoms with Gasteiger partial charge in [-0.25, -0.2) is 8.42 Å². The molecule has 2 fully saturated rings.